The third-order valence-electron chi connectivity index (χ3n) is 5.40. The zero-order valence-corrected chi connectivity index (χ0v) is 18.1. The van der Waals surface area contributed by atoms with Crippen LogP contribution >= 0.6 is 11.6 Å². The number of nitrogens with zero attached hydrogens (tertiary/aromatic N) is 4. The Morgan fingerprint density at radius 3 is 2.41 bits per heavy atom. The van der Waals surface area contributed by atoms with Gasteiger partial charge in [-0.05, 0) is 42.3 Å². The summed E-state index contributed by atoms with van der Waals surface area (Å²) in [6, 6.07) is 25.3. The van der Waals surface area contributed by atoms with Crippen LogP contribution in [0.1, 0.15) is 11.1 Å². The van der Waals surface area contributed by atoms with Crippen LogP contribution in [0.15, 0.2) is 90.0 Å². The van der Waals surface area contributed by atoms with E-state index in [4.69, 9.17) is 11.6 Å². The molecule has 5 rings (SSSR count). The topological polar surface area (TPSA) is 64.7 Å². The quantitative estimate of drug-likeness (QED) is 0.400. The lowest BCUT2D eigenvalue weighted by molar-refractivity contribution is 0.801. The highest BCUT2D eigenvalue weighted by Gasteiger charge is 2.18. The molecule has 1 N–H and O–H groups in total. The highest BCUT2D eigenvalue weighted by atomic mass is 35.5. The van der Waals surface area contributed by atoms with Crippen LogP contribution in [0.2, 0.25) is 5.02 Å². The Bertz CT molecular complexity index is 1460. The largest absolute Gasteiger partial charge is 0.325 e. The molecule has 0 bridgehead atoms. The van der Waals surface area contributed by atoms with E-state index in [9.17, 15) is 4.79 Å². The molecular formula is C25H20ClN5O. The number of halogens is 1. The molecule has 2 heterocycles. The van der Waals surface area contributed by atoms with Gasteiger partial charge in [-0.25, -0.2) is 4.98 Å². The molecule has 0 radical (unpaired) electrons. The molecule has 6 nitrogen and oxygen atoms in total. The first kappa shape index (κ1) is 20.0. The summed E-state index contributed by atoms with van der Waals surface area (Å²) in [5.41, 5.74) is 4.22. The fourth-order valence-electron chi connectivity index (χ4n) is 3.70. The summed E-state index contributed by atoms with van der Waals surface area (Å²) in [6.07, 6.45) is 1.67. The van der Waals surface area contributed by atoms with Crippen LogP contribution in [-0.4, -0.2) is 19.1 Å². The summed E-state index contributed by atoms with van der Waals surface area (Å²) in [4.78, 5) is 22.2. The van der Waals surface area contributed by atoms with Crippen molar-refractivity contribution in [3.05, 3.63) is 112 Å². The van der Waals surface area contributed by atoms with Crippen molar-refractivity contribution in [2.24, 2.45) is 0 Å². The standard InChI is InChI=1S/C25H20ClN5O/c1-17-20(26)13-8-14-21(17)28-25-29-24(32)22-23(30(25)15-18-9-4-2-5-10-18)27-16-31(22)19-11-6-3-7-12-19/h2-14,16H,15H2,1H3,(H,28,29,32). The average Bonchev–Trinajstić information content (AvgIpc) is 3.27. The van der Waals surface area contributed by atoms with Crippen molar-refractivity contribution in [2.45, 2.75) is 13.5 Å². The highest BCUT2D eigenvalue weighted by Crippen LogP contribution is 2.27. The Kier molecular flexibility index (Phi) is 5.21. The molecule has 0 spiro atoms. The number of nitrogens with one attached hydrogen (secondary N) is 1. The van der Waals surface area contributed by atoms with E-state index in [1.807, 2.05) is 90.4 Å². The Morgan fingerprint density at radius 2 is 1.66 bits per heavy atom. The maximum Gasteiger partial charge on any atom is 0.301 e. The molecule has 0 amide bonds. The van der Waals surface area contributed by atoms with Crippen LogP contribution in [0.4, 0.5) is 11.6 Å². The summed E-state index contributed by atoms with van der Waals surface area (Å²) < 4.78 is 3.70. The second-order valence-electron chi connectivity index (χ2n) is 7.47. The maximum absolute atomic E-state index is 13.2. The number of hydrogen-bond acceptors (Lipinski definition) is 4. The van der Waals surface area contributed by atoms with Crippen LogP contribution in [0.5, 0.6) is 0 Å². The van der Waals surface area contributed by atoms with E-state index in [0.717, 1.165) is 22.5 Å². The minimum absolute atomic E-state index is 0.354. The second-order valence-corrected chi connectivity index (χ2v) is 7.88. The van der Waals surface area contributed by atoms with Crippen LogP contribution in [0.3, 0.4) is 0 Å². The van der Waals surface area contributed by atoms with Crippen molar-refractivity contribution >= 4 is 34.4 Å². The molecule has 32 heavy (non-hydrogen) atoms. The lowest BCUT2D eigenvalue weighted by Crippen LogP contribution is -2.20. The van der Waals surface area contributed by atoms with E-state index in [0.29, 0.717) is 28.7 Å². The van der Waals surface area contributed by atoms with Crippen molar-refractivity contribution < 1.29 is 0 Å². The summed E-state index contributed by atoms with van der Waals surface area (Å²) >= 11 is 6.30. The van der Waals surface area contributed by atoms with Gasteiger partial charge in [-0.3, -0.25) is 13.9 Å². The summed E-state index contributed by atoms with van der Waals surface area (Å²) in [5, 5.41) is 3.94. The summed E-state index contributed by atoms with van der Waals surface area (Å²) in [6.45, 7) is 2.42. The van der Waals surface area contributed by atoms with Gasteiger partial charge in [0.15, 0.2) is 11.2 Å². The Hall–Kier alpha value is -3.90. The first-order chi connectivity index (χ1) is 15.6. The van der Waals surface area contributed by atoms with E-state index in [-0.39, 0.29) is 5.56 Å². The number of hydrogen-bond donors (Lipinski definition) is 1. The highest BCUT2D eigenvalue weighted by molar-refractivity contribution is 6.31. The van der Waals surface area contributed by atoms with Crippen LogP contribution in [0, 0.1) is 6.92 Å². The number of aromatic nitrogens is 4. The minimum atomic E-state index is -0.354. The Labute approximate surface area is 189 Å². The SMILES string of the molecule is Cc1c(Cl)cccc1Nc1nc(=O)c2c(ncn2-c2ccccc2)n1Cc1ccccc1. The fraction of sp³-hybridized carbons (Fsp3) is 0.0800. The van der Waals surface area contributed by atoms with Gasteiger partial charge in [0.25, 0.3) is 0 Å². The van der Waals surface area contributed by atoms with Gasteiger partial charge in [-0.2, -0.15) is 4.98 Å². The lowest BCUT2D eigenvalue weighted by Gasteiger charge is -2.17. The minimum Gasteiger partial charge on any atom is -0.325 e. The average molecular weight is 442 g/mol. The van der Waals surface area contributed by atoms with Gasteiger partial charge >= 0.3 is 5.56 Å². The van der Waals surface area contributed by atoms with Gasteiger partial charge in [0.1, 0.15) is 6.33 Å². The molecule has 5 aromatic rings. The third kappa shape index (κ3) is 3.65. The molecule has 158 valence electrons. The molecule has 0 aliphatic heterocycles. The fourth-order valence-corrected chi connectivity index (χ4v) is 3.88. The molecular weight excluding hydrogens is 422 g/mol. The van der Waals surface area contributed by atoms with E-state index < -0.39 is 0 Å². The summed E-state index contributed by atoms with van der Waals surface area (Å²) in [5.74, 6) is 0.412. The molecule has 0 aliphatic carbocycles. The molecule has 3 aromatic carbocycles. The van der Waals surface area contributed by atoms with Crippen molar-refractivity contribution in [1.29, 1.82) is 0 Å². The third-order valence-corrected chi connectivity index (χ3v) is 5.81. The van der Waals surface area contributed by atoms with E-state index >= 15 is 0 Å². The summed E-state index contributed by atoms with van der Waals surface area (Å²) in [7, 11) is 0. The molecule has 0 unspecified atom stereocenters. The molecule has 0 atom stereocenters. The normalized spacial score (nSPS) is 11.1. The van der Waals surface area contributed by atoms with Gasteiger partial charge in [0.2, 0.25) is 5.95 Å². The molecule has 0 fully saturated rings. The first-order valence-electron chi connectivity index (χ1n) is 10.2. The van der Waals surface area contributed by atoms with E-state index in [2.05, 4.69) is 15.3 Å². The lowest BCUT2D eigenvalue weighted by atomic mass is 10.2. The van der Waals surface area contributed by atoms with E-state index in [1.165, 1.54) is 0 Å². The Balaban J connectivity index is 1.71. The van der Waals surface area contributed by atoms with Gasteiger partial charge in [0, 0.05) is 16.4 Å². The number of anilines is 2. The smallest absolute Gasteiger partial charge is 0.301 e. The molecule has 7 heteroatoms. The molecule has 0 saturated carbocycles. The van der Waals surface area contributed by atoms with Crippen molar-refractivity contribution in [2.75, 3.05) is 5.32 Å². The monoisotopic (exact) mass is 441 g/mol. The van der Waals surface area contributed by atoms with Gasteiger partial charge in [0.05, 0.1) is 6.54 Å². The number of fused-ring (bicyclic) bond motifs is 1. The maximum atomic E-state index is 13.2. The van der Waals surface area contributed by atoms with Crippen LogP contribution in [-0.2, 0) is 6.54 Å². The van der Waals surface area contributed by atoms with Crippen molar-refractivity contribution in [3.8, 4) is 5.69 Å². The predicted octanol–water partition coefficient (Wildman–Crippen LogP) is 5.34. The van der Waals surface area contributed by atoms with Gasteiger partial charge < -0.3 is 5.32 Å². The van der Waals surface area contributed by atoms with Crippen LogP contribution in [0.25, 0.3) is 16.9 Å². The molecule has 0 aliphatic rings. The first-order valence-corrected chi connectivity index (χ1v) is 10.6. The van der Waals surface area contributed by atoms with Crippen LogP contribution < -0.4 is 10.9 Å². The number of para-hydroxylation sites is 1. The zero-order chi connectivity index (χ0) is 22.1. The molecule has 0 saturated heterocycles. The van der Waals surface area contributed by atoms with E-state index in [1.54, 1.807) is 10.9 Å². The molecule has 2 aromatic heterocycles. The van der Waals surface area contributed by atoms with Gasteiger partial charge in [-0.1, -0.05) is 66.2 Å². The van der Waals surface area contributed by atoms with Crippen molar-refractivity contribution in [3.63, 3.8) is 0 Å². The predicted molar refractivity (Wildman–Crippen MR) is 128 cm³/mol. The number of benzene rings is 3. The number of rotatable bonds is 5. The van der Waals surface area contributed by atoms with Gasteiger partial charge in [-0.15, -0.1) is 0 Å². The number of imidazole rings is 1. The van der Waals surface area contributed by atoms with Crippen molar-refractivity contribution in [1.82, 2.24) is 19.1 Å². The second kappa shape index (κ2) is 8.32. The zero-order valence-electron chi connectivity index (χ0n) is 17.4. The Morgan fingerprint density at radius 1 is 0.938 bits per heavy atom.